The van der Waals surface area contributed by atoms with Gasteiger partial charge in [0, 0.05) is 30.7 Å². The van der Waals surface area contributed by atoms with Crippen LogP contribution < -0.4 is 9.47 Å². The molecule has 2 aromatic carbocycles. The Morgan fingerprint density at radius 1 is 1.00 bits per heavy atom. The standard InChI is InChI=1S/C23H24N2O4/c1-28-20-12-17-18(14-24-19(17)13-21(20)29-2)22(26)23(27)25-10-8-16(9-11-25)15-6-4-3-5-7-15/h3-7,12-14,16,24H,8-11H2,1-2H3. The number of fused-ring (bicyclic) bond motifs is 1. The second-order valence-electron chi connectivity index (χ2n) is 7.26. The van der Waals surface area contributed by atoms with Crippen molar-refractivity contribution in [3.8, 4) is 11.5 Å². The number of likely N-dealkylation sites (tertiary alicyclic amines) is 1. The lowest BCUT2D eigenvalue weighted by Gasteiger charge is -2.31. The van der Waals surface area contributed by atoms with Gasteiger partial charge in [-0.2, -0.15) is 0 Å². The number of aromatic nitrogens is 1. The Hall–Kier alpha value is -3.28. The Kier molecular flexibility index (Phi) is 5.25. The molecule has 1 aliphatic rings. The van der Waals surface area contributed by atoms with E-state index in [1.54, 1.807) is 37.4 Å². The number of carbonyl (C=O) groups excluding carboxylic acids is 2. The van der Waals surface area contributed by atoms with Gasteiger partial charge in [-0.1, -0.05) is 30.3 Å². The number of ether oxygens (including phenoxy) is 2. The van der Waals surface area contributed by atoms with Crippen molar-refractivity contribution >= 4 is 22.6 Å². The number of aromatic amines is 1. The van der Waals surface area contributed by atoms with E-state index in [-0.39, 0.29) is 0 Å². The van der Waals surface area contributed by atoms with E-state index in [1.165, 1.54) is 5.56 Å². The molecule has 150 valence electrons. The molecule has 4 rings (SSSR count). The number of benzene rings is 2. The lowest BCUT2D eigenvalue weighted by Crippen LogP contribution is -2.41. The van der Waals surface area contributed by atoms with Gasteiger partial charge in [0.15, 0.2) is 11.5 Å². The number of piperidine rings is 1. The summed E-state index contributed by atoms with van der Waals surface area (Å²) in [5.74, 6) is 0.564. The number of carbonyl (C=O) groups is 2. The van der Waals surface area contributed by atoms with E-state index >= 15 is 0 Å². The minimum atomic E-state index is -0.498. The van der Waals surface area contributed by atoms with Gasteiger partial charge in [0.05, 0.1) is 25.3 Å². The third-order valence-electron chi connectivity index (χ3n) is 5.68. The molecule has 0 atom stereocenters. The first-order valence-corrected chi connectivity index (χ1v) is 9.74. The molecule has 0 aliphatic carbocycles. The van der Waals surface area contributed by atoms with Crippen molar-refractivity contribution in [3.05, 3.63) is 59.8 Å². The summed E-state index contributed by atoms with van der Waals surface area (Å²) in [5.41, 5.74) is 2.38. The zero-order chi connectivity index (χ0) is 20.4. The average molecular weight is 392 g/mol. The molecule has 6 nitrogen and oxygen atoms in total. The minimum absolute atomic E-state index is 0.358. The Bertz CT molecular complexity index is 1030. The molecule has 1 N–H and O–H groups in total. The fraction of sp³-hybridized carbons (Fsp3) is 0.304. The lowest BCUT2D eigenvalue weighted by molar-refractivity contribution is -0.127. The highest BCUT2D eigenvalue weighted by molar-refractivity contribution is 6.44. The predicted octanol–water partition coefficient (Wildman–Crippen LogP) is 3.77. The van der Waals surface area contributed by atoms with Crippen LogP contribution in [-0.4, -0.2) is 48.9 Å². The van der Waals surface area contributed by atoms with Gasteiger partial charge in [0.1, 0.15) is 0 Å². The first kappa shape index (κ1) is 19.1. The number of hydrogen-bond acceptors (Lipinski definition) is 4. The molecule has 0 saturated carbocycles. The van der Waals surface area contributed by atoms with E-state index in [9.17, 15) is 9.59 Å². The molecule has 1 amide bonds. The number of amides is 1. The van der Waals surface area contributed by atoms with Crippen molar-refractivity contribution < 1.29 is 19.1 Å². The third kappa shape index (κ3) is 3.58. The second kappa shape index (κ2) is 7.99. The van der Waals surface area contributed by atoms with Gasteiger partial charge in [-0.3, -0.25) is 9.59 Å². The number of nitrogens with one attached hydrogen (secondary N) is 1. The SMILES string of the molecule is COc1cc2[nH]cc(C(=O)C(=O)N3CCC(c4ccccc4)CC3)c2cc1OC. The molecule has 1 saturated heterocycles. The second-order valence-corrected chi connectivity index (χ2v) is 7.26. The highest BCUT2D eigenvalue weighted by Gasteiger charge is 2.29. The Labute approximate surface area is 169 Å². The molecule has 0 bridgehead atoms. The van der Waals surface area contributed by atoms with Gasteiger partial charge in [-0.15, -0.1) is 0 Å². The first-order valence-electron chi connectivity index (χ1n) is 9.74. The molecule has 0 radical (unpaired) electrons. The summed E-state index contributed by atoms with van der Waals surface area (Å²) in [6.07, 6.45) is 3.31. The van der Waals surface area contributed by atoms with E-state index in [2.05, 4.69) is 17.1 Å². The van der Waals surface area contributed by atoms with Gasteiger partial charge < -0.3 is 19.4 Å². The van der Waals surface area contributed by atoms with E-state index in [4.69, 9.17) is 9.47 Å². The van der Waals surface area contributed by atoms with Crippen LogP contribution in [0.3, 0.4) is 0 Å². The smallest absolute Gasteiger partial charge is 0.295 e. The van der Waals surface area contributed by atoms with Crippen LogP contribution in [0.25, 0.3) is 10.9 Å². The Morgan fingerprint density at radius 2 is 1.66 bits per heavy atom. The van der Waals surface area contributed by atoms with Gasteiger partial charge >= 0.3 is 0 Å². The van der Waals surface area contributed by atoms with E-state index < -0.39 is 11.7 Å². The normalized spacial score (nSPS) is 14.8. The number of methoxy groups -OCH3 is 2. The van der Waals surface area contributed by atoms with Crippen molar-refractivity contribution in [2.24, 2.45) is 0 Å². The van der Waals surface area contributed by atoms with Crippen LogP contribution in [0.5, 0.6) is 11.5 Å². The molecule has 1 aliphatic heterocycles. The lowest BCUT2D eigenvalue weighted by atomic mass is 9.89. The highest BCUT2D eigenvalue weighted by atomic mass is 16.5. The maximum absolute atomic E-state index is 12.9. The number of hydrogen-bond donors (Lipinski definition) is 1. The van der Waals surface area contributed by atoms with Crippen molar-refractivity contribution in [2.45, 2.75) is 18.8 Å². The van der Waals surface area contributed by atoms with Crippen LogP contribution in [-0.2, 0) is 4.79 Å². The van der Waals surface area contributed by atoms with E-state index in [1.807, 2.05) is 18.2 Å². The zero-order valence-corrected chi connectivity index (χ0v) is 16.6. The van der Waals surface area contributed by atoms with Crippen LogP contribution in [0.4, 0.5) is 0 Å². The monoisotopic (exact) mass is 392 g/mol. The van der Waals surface area contributed by atoms with Crippen LogP contribution >= 0.6 is 0 Å². The highest BCUT2D eigenvalue weighted by Crippen LogP contribution is 2.34. The summed E-state index contributed by atoms with van der Waals surface area (Å²) in [4.78, 5) is 30.5. The van der Waals surface area contributed by atoms with Gasteiger partial charge in [-0.25, -0.2) is 0 Å². The molecule has 6 heteroatoms. The summed E-state index contributed by atoms with van der Waals surface area (Å²) >= 11 is 0. The molecular weight excluding hydrogens is 368 g/mol. The summed E-state index contributed by atoms with van der Waals surface area (Å²) in [6.45, 7) is 1.17. The van der Waals surface area contributed by atoms with Crippen LogP contribution in [0.1, 0.15) is 34.7 Å². The maximum atomic E-state index is 12.9. The number of nitrogens with zero attached hydrogens (tertiary/aromatic N) is 1. The largest absolute Gasteiger partial charge is 0.493 e. The number of ketones is 1. The van der Waals surface area contributed by atoms with Crippen LogP contribution in [0.15, 0.2) is 48.7 Å². The maximum Gasteiger partial charge on any atom is 0.295 e. The van der Waals surface area contributed by atoms with Crippen LogP contribution in [0, 0.1) is 0 Å². The zero-order valence-electron chi connectivity index (χ0n) is 16.6. The molecule has 0 spiro atoms. The Balaban J connectivity index is 1.51. The molecule has 1 fully saturated rings. The number of Topliss-reactive ketones (excluding diaryl/α,β-unsaturated/α-hetero) is 1. The van der Waals surface area contributed by atoms with E-state index in [0.717, 1.165) is 18.4 Å². The van der Waals surface area contributed by atoms with E-state index in [0.29, 0.717) is 41.5 Å². The number of H-pyrrole nitrogens is 1. The van der Waals surface area contributed by atoms with Crippen LogP contribution in [0.2, 0.25) is 0 Å². The Morgan fingerprint density at radius 3 is 2.31 bits per heavy atom. The fourth-order valence-corrected chi connectivity index (χ4v) is 4.04. The molecule has 0 unspecified atom stereocenters. The summed E-state index contributed by atoms with van der Waals surface area (Å²) < 4.78 is 10.6. The first-order chi connectivity index (χ1) is 14.1. The van der Waals surface area contributed by atoms with Gasteiger partial charge in [-0.05, 0) is 30.4 Å². The average Bonchev–Trinajstić information content (AvgIpc) is 3.20. The molecule has 1 aromatic heterocycles. The topological polar surface area (TPSA) is 71.6 Å². The molecular formula is C23H24N2O4. The minimum Gasteiger partial charge on any atom is -0.493 e. The van der Waals surface area contributed by atoms with Crippen molar-refractivity contribution in [2.75, 3.05) is 27.3 Å². The number of rotatable bonds is 5. The van der Waals surface area contributed by atoms with Crippen molar-refractivity contribution in [1.82, 2.24) is 9.88 Å². The third-order valence-corrected chi connectivity index (χ3v) is 5.68. The van der Waals surface area contributed by atoms with Crippen molar-refractivity contribution in [3.63, 3.8) is 0 Å². The predicted molar refractivity (Wildman–Crippen MR) is 111 cm³/mol. The summed E-state index contributed by atoms with van der Waals surface area (Å²) in [5, 5.41) is 0.653. The van der Waals surface area contributed by atoms with Crippen molar-refractivity contribution in [1.29, 1.82) is 0 Å². The molecule has 2 heterocycles. The van der Waals surface area contributed by atoms with Gasteiger partial charge in [0.25, 0.3) is 11.7 Å². The summed E-state index contributed by atoms with van der Waals surface area (Å²) in [6, 6.07) is 13.8. The van der Waals surface area contributed by atoms with Gasteiger partial charge in [0.2, 0.25) is 0 Å². The summed E-state index contributed by atoms with van der Waals surface area (Å²) in [7, 11) is 3.10. The molecule has 3 aromatic rings. The quantitative estimate of drug-likeness (QED) is 0.530. The molecule has 29 heavy (non-hydrogen) atoms. The fourth-order valence-electron chi connectivity index (χ4n) is 4.04.